The Balaban J connectivity index is 2.24. The van der Waals surface area contributed by atoms with Crippen LogP contribution in [-0.2, 0) is 4.84 Å². The van der Waals surface area contributed by atoms with Crippen LogP contribution in [0.25, 0.3) is 10.4 Å². The molecule has 0 amide bonds. The molecule has 82 valence electrons. The van der Waals surface area contributed by atoms with Crippen molar-refractivity contribution in [2.24, 2.45) is 16.2 Å². The fraction of sp³-hybridized carbons (Fsp3) is 0.333. The lowest BCUT2D eigenvalue weighted by atomic mass is 10.0. The minimum Gasteiger partial charge on any atom is -0.385 e. The van der Waals surface area contributed by atoms with E-state index < -0.39 is 6.23 Å². The summed E-state index contributed by atoms with van der Waals surface area (Å²) >= 11 is 3.31. The zero-order chi connectivity index (χ0) is 11.5. The average Bonchev–Trinajstić information content (AvgIpc) is 2.63. The van der Waals surface area contributed by atoms with Crippen molar-refractivity contribution in [1.82, 2.24) is 4.98 Å². The van der Waals surface area contributed by atoms with E-state index in [-0.39, 0.29) is 5.92 Å². The van der Waals surface area contributed by atoms with E-state index in [2.05, 4.69) is 36.1 Å². The second kappa shape index (κ2) is 4.51. The Labute approximate surface area is 100 Å². The number of azide groups is 1. The van der Waals surface area contributed by atoms with Crippen molar-refractivity contribution in [3.8, 4) is 0 Å². The van der Waals surface area contributed by atoms with E-state index in [4.69, 9.17) is 10.4 Å². The number of nitrogens with zero attached hydrogens (tertiary/aromatic N) is 5. The molecule has 1 aliphatic rings. The smallest absolute Gasteiger partial charge is 0.214 e. The van der Waals surface area contributed by atoms with Gasteiger partial charge in [0.05, 0.1) is 5.69 Å². The number of pyridine rings is 1. The molecule has 0 radical (unpaired) electrons. The van der Waals surface area contributed by atoms with E-state index in [0.29, 0.717) is 5.71 Å². The maximum atomic E-state index is 8.34. The van der Waals surface area contributed by atoms with Gasteiger partial charge in [0.15, 0.2) is 0 Å². The lowest BCUT2D eigenvalue weighted by molar-refractivity contribution is 0.0710. The Morgan fingerprint density at radius 1 is 1.56 bits per heavy atom. The standard InChI is InChI=1S/C9H8BrN5O/c1-5-8(14-16-9(5)13-15-11)7-3-2-6(10)4-12-7/h2-5,9H,1H3. The van der Waals surface area contributed by atoms with Gasteiger partial charge in [0.1, 0.15) is 5.71 Å². The largest absolute Gasteiger partial charge is 0.385 e. The summed E-state index contributed by atoms with van der Waals surface area (Å²) in [7, 11) is 0. The third-order valence-corrected chi connectivity index (χ3v) is 2.74. The normalized spacial score (nSPS) is 23.2. The summed E-state index contributed by atoms with van der Waals surface area (Å²) in [4.78, 5) is 11.9. The molecule has 7 heteroatoms. The van der Waals surface area contributed by atoms with E-state index in [1.165, 1.54) is 0 Å². The Bertz CT molecular complexity index is 465. The van der Waals surface area contributed by atoms with Crippen LogP contribution in [0.5, 0.6) is 0 Å². The van der Waals surface area contributed by atoms with Gasteiger partial charge < -0.3 is 4.84 Å². The van der Waals surface area contributed by atoms with Gasteiger partial charge in [0.2, 0.25) is 6.23 Å². The highest BCUT2D eigenvalue weighted by molar-refractivity contribution is 9.10. The summed E-state index contributed by atoms with van der Waals surface area (Å²) in [6.07, 6.45) is 1.11. The summed E-state index contributed by atoms with van der Waals surface area (Å²) in [5.41, 5.74) is 9.77. The van der Waals surface area contributed by atoms with Crippen LogP contribution in [0, 0.1) is 5.92 Å². The van der Waals surface area contributed by atoms with E-state index >= 15 is 0 Å². The van der Waals surface area contributed by atoms with E-state index in [1.807, 2.05) is 19.1 Å². The minimum atomic E-state index is -0.578. The highest BCUT2D eigenvalue weighted by Crippen LogP contribution is 2.23. The van der Waals surface area contributed by atoms with Gasteiger partial charge in [-0.3, -0.25) is 4.98 Å². The van der Waals surface area contributed by atoms with Gasteiger partial charge in [-0.2, -0.15) is 0 Å². The van der Waals surface area contributed by atoms with Gasteiger partial charge in [-0.05, 0) is 38.7 Å². The summed E-state index contributed by atoms with van der Waals surface area (Å²) in [6, 6.07) is 3.71. The first kappa shape index (κ1) is 10.9. The number of halogens is 1. The molecular weight excluding hydrogens is 274 g/mol. The lowest BCUT2D eigenvalue weighted by Crippen LogP contribution is -2.19. The molecule has 0 spiro atoms. The summed E-state index contributed by atoms with van der Waals surface area (Å²) in [5, 5.41) is 7.40. The molecule has 1 aliphatic heterocycles. The second-order valence-corrected chi connectivity index (χ2v) is 4.24. The zero-order valence-electron chi connectivity index (χ0n) is 8.41. The predicted octanol–water partition coefficient (Wildman–Crippen LogP) is 2.85. The molecule has 2 heterocycles. The Morgan fingerprint density at radius 3 is 3.00 bits per heavy atom. The van der Waals surface area contributed by atoms with Crippen LogP contribution in [0.15, 0.2) is 33.1 Å². The molecule has 6 nitrogen and oxygen atoms in total. The molecule has 0 aromatic carbocycles. The number of hydrogen-bond donors (Lipinski definition) is 0. The molecule has 0 bridgehead atoms. The topological polar surface area (TPSA) is 83.2 Å². The van der Waals surface area contributed by atoms with Gasteiger partial charge in [-0.15, -0.1) is 0 Å². The van der Waals surface area contributed by atoms with Crippen LogP contribution in [-0.4, -0.2) is 16.9 Å². The third kappa shape index (κ3) is 2.00. The first-order chi connectivity index (χ1) is 7.72. The Hall–Kier alpha value is -1.59. The fourth-order valence-corrected chi connectivity index (χ4v) is 1.63. The Kier molecular flexibility index (Phi) is 3.07. The quantitative estimate of drug-likeness (QED) is 0.474. The molecule has 1 aromatic rings. The number of hydrogen-bond acceptors (Lipinski definition) is 4. The van der Waals surface area contributed by atoms with Gasteiger partial charge in [-0.1, -0.05) is 12.1 Å². The first-order valence-electron chi connectivity index (χ1n) is 4.62. The summed E-state index contributed by atoms with van der Waals surface area (Å²) in [6.45, 7) is 1.88. The minimum absolute atomic E-state index is 0.0930. The summed E-state index contributed by atoms with van der Waals surface area (Å²) < 4.78 is 0.898. The van der Waals surface area contributed by atoms with Gasteiger partial charge >= 0.3 is 0 Å². The zero-order valence-corrected chi connectivity index (χ0v) is 10.00. The first-order valence-corrected chi connectivity index (χ1v) is 5.41. The second-order valence-electron chi connectivity index (χ2n) is 3.33. The molecule has 2 atom stereocenters. The molecule has 2 rings (SSSR count). The van der Waals surface area contributed by atoms with Crippen molar-refractivity contribution in [3.63, 3.8) is 0 Å². The van der Waals surface area contributed by atoms with Crippen molar-refractivity contribution in [2.75, 3.05) is 0 Å². The average molecular weight is 282 g/mol. The maximum Gasteiger partial charge on any atom is 0.214 e. The van der Waals surface area contributed by atoms with Crippen LogP contribution in [0.3, 0.4) is 0 Å². The molecular formula is C9H8BrN5O. The molecule has 0 fully saturated rings. The third-order valence-electron chi connectivity index (χ3n) is 2.27. The van der Waals surface area contributed by atoms with Crippen LogP contribution >= 0.6 is 15.9 Å². The monoisotopic (exact) mass is 281 g/mol. The molecule has 0 aliphatic carbocycles. The molecule has 0 saturated heterocycles. The van der Waals surface area contributed by atoms with E-state index in [1.54, 1.807) is 6.20 Å². The lowest BCUT2D eigenvalue weighted by Gasteiger charge is -2.07. The summed E-state index contributed by atoms with van der Waals surface area (Å²) in [5.74, 6) is -0.0930. The number of rotatable bonds is 2. The predicted molar refractivity (Wildman–Crippen MR) is 61.7 cm³/mol. The molecule has 0 N–H and O–H groups in total. The van der Waals surface area contributed by atoms with E-state index in [9.17, 15) is 0 Å². The van der Waals surface area contributed by atoms with Crippen LogP contribution in [0.4, 0.5) is 0 Å². The van der Waals surface area contributed by atoms with E-state index in [0.717, 1.165) is 10.2 Å². The van der Waals surface area contributed by atoms with Crippen LogP contribution < -0.4 is 0 Å². The number of aromatic nitrogens is 1. The van der Waals surface area contributed by atoms with Crippen molar-refractivity contribution in [2.45, 2.75) is 13.2 Å². The molecule has 16 heavy (non-hydrogen) atoms. The molecule has 1 aromatic heterocycles. The highest BCUT2D eigenvalue weighted by atomic mass is 79.9. The highest BCUT2D eigenvalue weighted by Gasteiger charge is 2.31. The van der Waals surface area contributed by atoms with Gasteiger partial charge in [0, 0.05) is 21.5 Å². The van der Waals surface area contributed by atoms with Crippen molar-refractivity contribution in [1.29, 1.82) is 0 Å². The molecule has 2 unspecified atom stereocenters. The number of oxime groups is 1. The fourth-order valence-electron chi connectivity index (χ4n) is 1.40. The van der Waals surface area contributed by atoms with Crippen LogP contribution in [0.1, 0.15) is 12.6 Å². The van der Waals surface area contributed by atoms with Crippen molar-refractivity contribution in [3.05, 3.63) is 38.9 Å². The van der Waals surface area contributed by atoms with Crippen molar-refractivity contribution < 1.29 is 4.84 Å². The SMILES string of the molecule is CC1C(c2ccc(Br)cn2)=NOC1N=[N+]=[N-]. The molecule has 0 saturated carbocycles. The maximum absolute atomic E-state index is 8.34. The van der Waals surface area contributed by atoms with Crippen LogP contribution in [0.2, 0.25) is 0 Å². The van der Waals surface area contributed by atoms with Crippen molar-refractivity contribution >= 4 is 21.6 Å². The van der Waals surface area contributed by atoms with Gasteiger partial charge in [0.25, 0.3) is 0 Å². The van der Waals surface area contributed by atoms with Gasteiger partial charge in [-0.25, -0.2) is 0 Å². The Morgan fingerprint density at radius 2 is 2.38 bits per heavy atom.